The Balaban J connectivity index is 1.53. The molecule has 2 amide bonds. The zero-order valence-corrected chi connectivity index (χ0v) is 16.6. The van der Waals surface area contributed by atoms with E-state index in [1.54, 1.807) is 6.07 Å². The molecule has 4 rings (SSSR count). The highest BCUT2D eigenvalue weighted by Gasteiger charge is 2.44. The summed E-state index contributed by atoms with van der Waals surface area (Å²) in [5.41, 5.74) is 6.44. The molecule has 8 nitrogen and oxygen atoms in total. The molecule has 0 aromatic heterocycles. The van der Waals surface area contributed by atoms with Crippen LogP contribution in [0, 0.1) is 0 Å². The van der Waals surface area contributed by atoms with Crippen molar-refractivity contribution in [3.63, 3.8) is 0 Å². The predicted molar refractivity (Wildman–Crippen MR) is 106 cm³/mol. The van der Waals surface area contributed by atoms with Crippen LogP contribution >= 0.6 is 0 Å². The number of hydrogen-bond donors (Lipinski definition) is 2. The summed E-state index contributed by atoms with van der Waals surface area (Å²) < 4.78 is 35.7. The average Bonchev–Trinajstić information content (AvgIpc) is 3.61. The molecule has 2 saturated carbocycles. The van der Waals surface area contributed by atoms with Crippen molar-refractivity contribution in [3.8, 4) is 5.75 Å². The first-order valence-electron chi connectivity index (χ1n) is 10.2. The van der Waals surface area contributed by atoms with Gasteiger partial charge in [-0.2, -0.15) is 8.78 Å². The van der Waals surface area contributed by atoms with Gasteiger partial charge < -0.3 is 25.4 Å². The number of alkyl halides is 2. The van der Waals surface area contributed by atoms with Crippen LogP contribution in [0.1, 0.15) is 25.7 Å². The third-order valence-electron chi connectivity index (χ3n) is 5.54. The molecule has 1 atom stereocenters. The van der Waals surface area contributed by atoms with Crippen molar-refractivity contribution in [3.05, 3.63) is 18.2 Å². The Labute approximate surface area is 173 Å². The summed E-state index contributed by atoms with van der Waals surface area (Å²) in [4.78, 5) is 28.6. The lowest BCUT2D eigenvalue weighted by molar-refractivity contribution is -0.126. The first kappa shape index (κ1) is 21.0. The van der Waals surface area contributed by atoms with Gasteiger partial charge >= 0.3 is 6.61 Å². The number of carbonyl (C=O) groups is 2. The maximum atomic E-state index is 13.0. The minimum atomic E-state index is -3.07. The Morgan fingerprint density at radius 1 is 1.30 bits per heavy atom. The van der Waals surface area contributed by atoms with Crippen molar-refractivity contribution in [2.75, 3.05) is 36.5 Å². The van der Waals surface area contributed by atoms with Crippen LogP contribution in [0.25, 0.3) is 0 Å². The molecule has 1 aromatic rings. The van der Waals surface area contributed by atoms with Gasteiger partial charge in [0, 0.05) is 36.9 Å². The van der Waals surface area contributed by atoms with E-state index >= 15 is 0 Å². The maximum Gasteiger partial charge on any atom is 0.387 e. The van der Waals surface area contributed by atoms with Gasteiger partial charge in [-0.3, -0.25) is 14.5 Å². The molecule has 1 aromatic carbocycles. The van der Waals surface area contributed by atoms with Gasteiger partial charge in [0.2, 0.25) is 5.91 Å². The highest BCUT2D eigenvalue weighted by molar-refractivity contribution is 5.98. The summed E-state index contributed by atoms with van der Waals surface area (Å²) in [6, 6.07) is 4.70. The molecule has 0 unspecified atom stereocenters. The molecule has 164 valence electrons. The lowest BCUT2D eigenvalue weighted by atomic mass is 10.2. The van der Waals surface area contributed by atoms with E-state index in [1.807, 2.05) is 0 Å². The van der Waals surface area contributed by atoms with Crippen molar-refractivity contribution < 1.29 is 27.8 Å². The summed E-state index contributed by atoms with van der Waals surface area (Å²) in [5, 5.41) is 2.78. The fraction of sp³-hybridized carbons (Fsp3) is 0.600. The van der Waals surface area contributed by atoms with Gasteiger partial charge in [-0.15, -0.1) is 0 Å². The monoisotopic (exact) mass is 424 g/mol. The van der Waals surface area contributed by atoms with E-state index in [1.165, 1.54) is 17.0 Å². The van der Waals surface area contributed by atoms with Crippen LogP contribution in [0.2, 0.25) is 0 Å². The molecular formula is C20H26F2N4O4. The van der Waals surface area contributed by atoms with Crippen LogP contribution in [-0.4, -0.2) is 67.8 Å². The largest absolute Gasteiger partial charge is 0.433 e. The van der Waals surface area contributed by atoms with Crippen LogP contribution in [0.4, 0.5) is 20.2 Å². The summed E-state index contributed by atoms with van der Waals surface area (Å²) in [5.74, 6) is -0.789. The van der Waals surface area contributed by atoms with Crippen molar-refractivity contribution in [2.24, 2.45) is 5.73 Å². The first-order chi connectivity index (χ1) is 14.5. The van der Waals surface area contributed by atoms with Gasteiger partial charge in [0.25, 0.3) is 5.91 Å². The fourth-order valence-corrected chi connectivity index (χ4v) is 3.92. The second-order valence-corrected chi connectivity index (χ2v) is 7.81. The number of halogens is 2. The number of morpholine rings is 1. The Morgan fingerprint density at radius 2 is 2.00 bits per heavy atom. The maximum absolute atomic E-state index is 13.0. The SMILES string of the molecule is NC[C@H](C(=O)Nc1ccc(N2CCOCC2=O)c(OC(F)F)c1)N(C1CC1)C1CC1. The molecule has 30 heavy (non-hydrogen) atoms. The topological polar surface area (TPSA) is 97.1 Å². The summed E-state index contributed by atoms with van der Waals surface area (Å²) in [6.45, 7) is -2.48. The van der Waals surface area contributed by atoms with Gasteiger partial charge in [0.15, 0.2) is 5.75 Å². The molecule has 0 radical (unpaired) electrons. The lowest BCUT2D eigenvalue weighted by Gasteiger charge is -2.30. The molecule has 10 heteroatoms. The Morgan fingerprint density at radius 3 is 2.57 bits per heavy atom. The van der Waals surface area contributed by atoms with Crippen LogP contribution in [-0.2, 0) is 14.3 Å². The number of nitrogens with one attached hydrogen (secondary N) is 1. The lowest BCUT2D eigenvalue weighted by Crippen LogP contribution is -2.50. The summed E-state index contributed by atoms with van der Waals surface area (Å²) in [6.07, 6.45) is 4.26. The second kappa shape index (κ2) is 8.83. The van der Waals surface area contributed by atoms with Crippen LogP contribution < -0.4 is 20.7 Å². The number of carbonyl (C=O) groups excluding carboxylic acids is 2. The molecule has 1 saturated heterocycles. The van der Waals surface area contributed by atoms with E-state index < -0.39 is 12.7 Å². The van der Waals surface area contributed by atoms with Crippen LogP contribution in [0.3, 0.4) is 0 Å². The third kappa shape index (κ3) is 4.71. The Hall–Kier alpha value is -2.30. The first-order valence-corrected chi connectivity index (χ1v) is 10.2. The van der Waals surface area contributed by atoms with Gasteiger partial charge in [0.05, 0.1) is 12.3 Å². The zero-order chi connectivity index (χ0) is 21.3. The number of nitrogens with zero attached hydrogens (tertiary/aromatic N) is 2. The van der Waals surface area contributed by atoms with E-state index in [4.69, 9.17) is 10.5 Å². The van der Waals surface area contributed by atoms with E-state index in [-0.39, 0.29) is 42.9 Å². The minimum Gasteiger partial charge on any atom is -0.433 e. The third-order valence-corrected chi connectivity index (χ3v) is 5.54. The molecule has 3 fully saturated rings. The highest BCUT2D eigenvalue weighted by Crippen LogP contribution is 2.39. The van der Waals surface area contributed by atoms with Gasteiger partial charge in [-0.1, -0.05) is 0 Å². The summed E-state index contributed by atoms with van der Waals surface area (Å²) >= 11 is 0. The fourth-order valence-electron chi connectivity index (χ4n) is 3.92. The molecule has 0 bridgehead atoms. The van der Waals surface area contributed by atoms with E-state index in [0.29, 0.717) is 24.4 Å². The van der Waals surface area contributed by atoms with Crippen LogP contribution in [0.15, 0.2) is 18.2 Å². The highest BCUT2D eigenvalue weighted by atomic mass is 19.3. The number of ether oxygens (including phenoxy) is 2. The van der Waals surface area contributed by atoms with Crippen molar-refractivity contribution in [2.45, 2.75) is 50.4 Å². The average molecular weight is 424 g/mol. The van der Waals surface area contributed by atoms with E-state index in [2.05, 4.69) is 15.0 Å². The van der Waals surface area contributed by atoms with Gasteiger partial charge in [0.1, 0.15) is 12.6 Å². The molecule has 1 aliphatic heterocycles. The van der Waals surface area contributed by atoms with Crippen molar-refractivity contribution in [1.82, 2.24) is 4.90 Å². The number of nitrogens with two attached hydrogens (primary N) is 1. The number of amides is 2. The molecule has 3 N–H and O–H groups in total. The minimum absolute atomic E-state index is 0.122. The molecule has 1 heterocycles. The van der Waals surface area contributed by atoms with Crippen molar-refractivity contribution >= 4 is 23.2 Å². The standard InChI is InChI=1S/C20H26F2N4O4/c21-20(22)30-17-9-12(1-6-15(17)25-7-8-29-11-18(25)27)24-19(28)16(10-23)26(13-2-3-13)14-4-5-14/h1,6,9,13-14,16,20H,2-5,7-8,10-11,23H2,(H,24,28)/t16-/m1/s1. The Bertz CT molecular complexity index is 789. The molecule has 3 aliphatic rings. The van der Waals surface area contributed by atoms with E-state index in [0.717, 1.165) is 25.7 Å². The smallest absolute Gasteiger partial charge is 0.387 e. The zero-order valence-electron chi connectivity index (χ0n) is 16.6. The predicted octanol–water partition coefficient (Wildman–Crippen LogP) is 1.54. The number of rotatable bonds is 9. The second-order valence-electron chi connectivity index (χ2n) is 7.81. The van der Waals surface area contributed by atoms with Crippen LogP contribution in [0.5, 0.6) is 5.75 Å². The summed E-state index contributed by atoms with van der Waals surface area (Å²) in [7, 11) is 0. The van der Waals surface area contributed by atoms with Gasteiger partial charge in [-0.05, 0) is 37.8 Å². The number of hydrogen-bond acceptors (Lipinski definition) is 6. The molecule has 2 aliphatic carbocycles. The normalized spacial score (nSPS) is 20.6. The molecule has 0 spiro atoms. The van der Waals surface area contributed by atoms with E-state index in [9.17, 15) is 18.4 Å². The number of anilines is 2. The quantitative estimate of drug-likeness (QED) is 0.624. The van der Waals surface area contributed by atoms with Gasteiger partial charge in [-0.25, -0.2) is 0 Å². The number of benzene rings is 1. The van der Waals surface area contributed by atoms with Crippen molar-refractivity contribution in [1.29, 1.82) is 0 Å². The molecular weight excluding hydrogens is 398 g/mol. The Kier molecular flexibility index (Phi) is 6.16.